The Labute approximate surface area is 104 Å². The van der Waals surface area contributed by atoms with Gasteiger partial charge in [-0.3, -0.25) is 4.79 Å². The van der Waals surface area contributed by atoms with Gasteiger partial charge in [-0.15, -0.1) is 0 Å². The van der Waals surface area contributed by atoms with Gasteiger partial charge in [0.2, 0.25) is 11.9 Å². The third-order valence-electron chi connectivity index (χ3n) is 2.52. The number of aromatic amines is 1. The molecule has 0 unspecified atom stereocenters. The molecule has 0 radical (unpaired) electrons. The van der Waals surface area contributed by atoms with Gasteiger partial charge < -0.3 is 16.0 Å². The molecule has 0 saturated heterocycles. The normalized spacial score (nSPS) is 11.7. The third-order valence-corrected chi connectivity index (χ3v) is 2.52. The number of fused-ring (bicyclic) bond motifs is 1. The van der Waals surface area contributed by atoms with E-state index in [0.717, 1.165) is 0 Å². The van der Waals surface area contributed by atoms with Crippen LogP contribution in [0.5, 0.6) is 0 Å². The minimum atomic E-state index is -0.516. The number of halogens is 1. The highest BCUT2D eigenvalue weighted by molar-refractivity contribution is 5.78. The number of carbonyl (C=O) groups excluding carboxylic acids is 1. The van der Waals surface area contributed by atoms with E-state index in [1.165, 1.54) is 12.1 Å². The molecular weight excluding hydrogens is 235 g/mol. The van der Waals surface area contributed by atoms with E-state index >= 15 is 0 Å². The molecule has 0 spiro atoms. The van der Waals surface area contributed by atoms with Crippen molar-refractivity contribution in [2.75, 3.05) is 5.32 Å². The first-order chi connectivity index (χ1) is 8.35. The van der Waals surface area contributed by atoms with Gasteiger partial charge in [0.15, 0.2) is 0 Å². The molecule has 96 valence electrons. The Hall–Kier alpha value is -2.11. The van der Waals surface area contributed by atoms with Crippen LogP contribution in [0.1, 0.15) is 20.3 Å². The Bertz CT molecular complexity index is 591. The van der Waals surface area contributed by atoms with Crippen molar-refractivity contribution < 1.29 is 9.18 Å². The van der Waals surface area contributed by atoms with Crippen LogP contribution in [0, 0.1) is 5.82 Å². The smallest absolute Gasteiger partial charge is 0.219 e. The van der Waals surface area contributed by atoms with Crippen molar-refractivity contribution in [2.45, 2.75) is 25.8 Å². The number of nitrogens with one attached hydrogen (secondary N) is 2. The lowest BCUT2D eigenvalue weighted by Gasteiger charge is -2.24. The van der Waals surface area contributed by atoms with Crippen LogP contribution >= 0.6 is 0 Å². The number of anilines is 1. The average molecular weight is 250 g/mol. The van der Waals surface area contributed by atoms with Gasteiger partial charge in [-0.05, 0) is 32.0 Å². The second kappa shape index (κ2) is 4.29. The number of H-pyrrole nitrogens is 1. The maximum absolute atomic E-state index is 13.0. The SMILES string of the molecule is CC(C)(CC(N)=O)Nc1nc2ccc(F)cc2[nH]1. The number of aromatic nitrogens is 2. The van der Waals surface area contributed by atoms with Crippen LogP contribution < -0.4 is 11.1 Å². The van der Waals surface area contributed by atoms with Gasteiger partial charge in [0.05, 0.1) is 11.0 Å². The Morgan fingerprint density at radius 3 is 2.94 bits per heavy atom. The number of nitrogens with zero attached hydrogens (tertiary/aromatic N) is 1. The lowest BCUT2D eigenvalue weighted by molar-refractivity contribution is -0.118. The minimum absolute atomic E-state index is 0.179. The van der Waals surface area contributed by atoms with E-state index in [2.05, 4.69) is 15.3 Å². The van der Waals surface area contributed by atoms with Gasteiger partial charge in [0, 0.05) is 12.0 Å². The van der Waals surface area contributed by atoms with Crippen molar-refractivity contribution in [1.29, 1.82) is 0 Å². The summed E-state index contributed by atoms with van der Waals surface area (Å²) in [5.41, 5.74) is 5.92. The zero-order chi connectivity index (χ0) is 13.3. The van der Waals surface area contributed by atoms with Crippen molar-refractivity contribution in [3.8, 4) is 0 Å². The van der Waals surface area contributed by atoms with E-state index in [1.807, 2.05) is 13.8 Å². The molecule has 1 aromatic carbocycles. The highest BCUT2D eigenvalue weighted by Crippen LogP contribution is 2.19. The molecule has 0 aliphatic rings. The third kappa shape index (κ3) is 2.77. The fraction of sp³-hybridized carbons (Fsp3) is 0.333. The van der Waals surface area contributed by atoms with Gasteiger partial charge in [0.1, 0.15) is 5.82 Å². The number of primary amides is 1. The molecule has 0 atom stereocenters. The molecule has 2 aromatic rings. The highest BCUT2D eigenvalue weighted by Gasteiger charge is 2.21. The molecule has 4 N–H and O–H groups in total. The molecule has 5 nitrogen and oxygen atoms in total. The molecule has 0 aliphatic heterocycles. The van der Waals surface area contributed by atoms with E-state index in [0.29, 0.717) is 17.0 Å². The quantitative estimate of drug-likeness (QED) is 0.773. The largest absolute Gasteiger partial charge is 0.370 e. The van der Waals surface area contributed by atoms with Crippen molar-refractivity contribution in [3.63, 3.8) is 0 Å². The molecule has 0 saturated carbocycles. The Morgan fingerprint density at radius 2 is 2.28 bits per heavy atom. The second-order valence-corrected chi connectivity index (χ2v) is 4.90. The first-order valence-electron chi connectivity index (χ1n) is 5.57. The number of imidazole rings is 1. The molecule has 0 bridgehead atoms. The molecule has 1 heterocycles. The van der Waals surface area contributed by atoms with Gasteiger partial charge in [-0.25, -0.2) is 9.37 Å². The summed E-state index contributed by atoms with van der Waals surface area (Å²) in [6.07, 6.45) is 0.179. The Kier molecular flexibility index (Phi) is 2.94. The fourth-order valence-corrected chi connectivity index (χ4v) is 1.84. The van der Waals surface area contributed by atoms with E-state index in [4.69, 9.17) is 5.73 Å². The van der Waals surface area contributed by atoms with Crippen LogP contribution in [0.4, 0.5) is 10.3 Å². The first kappa shape index (κ1) is 12.3. The summed E-state index contributed by atoms with van der Waals surface area (Å²) in [7, 11) is 0. The zero-order valence-corrected chi connectivity index (χ0v) is 10.2. The minimum Gasteiger partial charge on any atom is -0.370 e. The van der Waals surface area contributed by atoms with E-state index in [9.17, 15) is 9.18 Å². The van der Waals surface area contributed by atoms with Crippen LogP contribution in [-0.4, -0.2) is 21.4 Å². The number of benzene rings is 1. The fourth-order valence-electron chi connectivity index (χ4n) is 1.84. The molecule has 1 amide bonds. The van der Waals surface area contributed by atoms with Crippen molar-refractivity contribution in [3.05, 3.63) is 24.0 Å². The summed E-state index contributed by atoms with van der Waals surface area (Å²) >= 11 is 0. The maximum Gasteiger partial charge on any atom is 0.219 e. The van der Waals surface area contributed by atoms with Crippen molar-refractivity contribution in [1.82, 2.24) is 9.97 Å². The Balaban J connectivity index is 2.24. The zero-order valence-electron chi connectivity index (χ0n) is 10.2. The number of nitrogens with two attached hydrogens (primary N) is 1. The maximum atomic E-state index is 13.0. The predicted molar refractivity (Wildman–Crippen MR) is 67.6 cm³/mol. The van der Waals surface area contributed by atoms with Crippen LogP contribution in [0.3, 0.4) is 0 Å². The monoisotopic (exact) mass is 250 g/mol. The standard InChI is InChI=1S/C12H15FN4O/c1-12(2,6-10(14)18)17-11-15-8-4-3-7(13)5-9(8)16-11/h3-5H,6H2,1-2H3,(H2,14,18)(H2,15,16,17). The molecule has 6 heteroatoms. The second-order valence-electron chi connectivity index (χ2n) is 4.90. The summed E-state index contributed by atoms with van der Waals surface area (Å²) in [4.78, 5) is 18.1. The summed E-state index contributed by atoms with van der Waals surface area (Å²) in [6, 6.07) is 4.31. The predicted octanol–water partition coefficient (Wildman–Crippen LogP) is 1.77. The topological polar surface area (TPSA) is 83.8 Å². The molecule has 1 aromatic heterocycles. The summed E-state index contributed by atoms with van der Waals surface area (Å²) in [5, 5.41) is 3.07. The number of hydrogen-bond acceptors (Lipinski definition) is 3. The highest BCUT2D eigenvalue weighted by atomic mass is 19.1. The first-order valence-corrected chi connectivity index (χ1v) is 5.57. The Morgan fingerprint density at radius 1 is 1.56 bits per heavy atom. The molecule has 18 heavy (non-hydrogen) atoms. The molecular formula is C12H15FN4O. The van der Waals surface area contributed by atoms with Crippen LogP contribution in [0.2, 0.25) is 0 Å². The summed E-state index contributed by atoms with van der Waals surface area (Å²) in [5.74, 6) is -0.231. The van der Waals surface area contributed by atoms with Crippen molar-refractivity contribution in [2.24, 2.45) is 5.73 Å². The van der Waals surface area contributed by atoms with Crippen molar-refractivity contribution >= 4 is 22.9 Å². The van der Waals surface area contributed by atoms with E-state index in [-0.39, 0.29) is 12.2 Å². The van der Waals surface area contributed by atoms with Crippen LogP contribution in [0.15, 0.2) is 18.2 Å². The van der Waals surface area contributed by atoms with Gasteiger partial charge in [-0.2, -0.15) is 0 Å². The number of carbonyl (C=O) groups is 1. The molecule has 2 rings (SSSR count). The van der Waals surface area contributed by atoms with Gasteiger partial charge in [-0.1, -0.05) is 0 Å². The van der Waals surface area contributed by atoms with Crippen LogP contribution in [-0.2, 0) is 4.79 Å². The van der Waals surface area contributed by atoms with Crippen LogP contribution in [0.25, 0.3) is 11.0 Å². The van der Waals surface area contributed by atoms with E-state index < -0.39 is 11.4 Å². The van der Waals surface area contributed by atoms with Gasteiger partial charge in [0.25, 0.3) is 0 Å². The average Bonchev–Trinajstić information content (AvgIpc) is 2.55. The lowest BCUT2D eigenvalue weighted by Crippen LogP contribution is -2.36. The lowest BCUT2D eigenvalue weighted by atomic mass is 10.0. The summed E-state index contributed by atoms with van der Waals surface area (Å²) in [6.45, 7) is 3.68. The number of rotatable bonds is 4. The number of hydrogen-bond donors (Lipinski definition) is 3. The summed E-state index contributed by atoms with van der Waals surface area (Å²) < 4.78 is 13.0. The number of amides is 1. The van der Waals surface area contributed by atoms with E-state index in [1.54, 1.807) is 6.07 Å². The molecule has 0 fully saturated rings. The molecule has 0 aliphatic carbocycles. The van der Waals surface area contributed by atoms with Gasteiger partial charge >= 0.3 is 0 Å².